The zero-order valence-corrected chi connectivity index (χ0v) is 9.90. The number of hydrogen-bond donors (Lipinski definition) is 1. The minimum absolute atomic E-state index is 0.267. The summed E-state index contributed by atoms with van der Waals surface area (Å²) in [5, 5.41) is 1.24. The van der Waals surface area contributed by atoms with Crippen LogP contribution in [0.4, 0.5) is 0 Å². The molecule has 1 fully saturated rings. The lowest BCUT2D eigenvalue weighted by atomic mass is 9.98. The van der Waals surface area contributed by atoms with Crippen molar-refractivity contribution in [3.05, 3.63) is 16.1 Å². The molecule has 1 unspecified atom stereocenters. The normalized spacial score (nSPS) is 21.2. The van der Waals surface area contributed by atoms with Crippen molar-refractivity contribution >= 4 is 11.3 Å². The molecule has 0 radical (unpaired) electrons. The van der Waals surface area contributed by atoms with Crippen molar-refractivity contribution in [2.45, 2.75) is 51.0 Å². The number of hydrogen-bond acceptors (Lipinski definition) is 3. The van der Waals surface area contributed by atoms with Crippen LogP contribution in [0, 0.1) is 0 Å². The summed E-state index contributed by atoms with van der Waals surface area (Å²) in [5.74, 6) is 0.539. The van der Waals surface area contributed by atoms with E-state index in [1.807, 2.05) is 17.5 Å². The topological polar surface area (TPSA) is 38.9 Å². The minimum atomic E-state index is 0.267. The first kappa shape index (κ1) is 10.1. The third kappa shape index (κ3) is 1.48. The van der Waals surface area contributed by atoms with Gasteiger partial charge in [0.1, 0.15) is 0 Å². The highest BCUT2D eigenvalue weighted by molar-refractivity contribution is 7.11. The van der Waals surface area contributed by atoms with Gasteiger partial charge in [0.15, 0.2) is 0 Å². The van der Waals surface area contributed by atoms with Crippen LogP contribution in [0.15, 0.2) is 6.20 Å². The van der Waals surface area contributed by atoms with Crippen molar-refractivity contribution in [1.29, 1.82) is 0 Å². The number of thiazole rings is 1. The van der Waals surface area contributed by atoms with Crippen LogP contribution in [0.2, 0.25) is 0 Å². The predicted octanol–water partition coefficient (Wildman–Crippen LogP) is 2.65. The van der Waals surface area contributed by atoms with Gasteiger partial charge in [-0.2, -0.15) is 0 Å². The van der Waals surface area contributed by atoms with Gasteiger partial charge in [0.05, 0.1) is 5.01 Å². The molecule has 0 aromatic carbocycles. The number of nitrogens with zero attached hydrogens (tertiary/aromatic N) is 1. The fraction of sp³-hybridized carbons (Fsp3) is 0.727. The van der Waals surface area contributed by atoms with E-state index >= 15 is 0 Å². The second kappa shape index (κ2) is 3.31. The van der Waals surface area contributed by atoms with Crippen molar-refractivity contribution in [2.24, 2.45) is 5.73 Å². The molecule has 1 aliphatic rings. The van der Waals surface area contributed by atoms with Crippen LogP contribution in [0.3, 0.4) is 0 Å². The molecule has 0 spiro atoms. The van der Waals surface area contributed by atoms with E-state index in [0.717, 1.165) is 0 Å². The van der Waals surface area contributed by atoms with Crippen molar-refractivity contribution in [1.82, 2.24) is 4.98 Å². The summed E-state index contributed by atoms with van der Waals surface area (Å²) in [7, 11) is 0. The van der Waals surface area contributed by atoms with Gasteiger partial charge in [0.2, 0.25) is 0 Å². The molecule has 1 aromatic heterocycles. The Kier molecular flexibility index (Phi) is 2.40. The van der Waals surface area contributed by atoms with E-state index in [9.17, 15) is 0 Å². The standard InChI is InChI=1S/C11H18N2S/c1-7(2)10-13-6-9(14-10)11(4-5-11)8(3)12/h6-8H,4-5,12H2,1-3H3. The molecule has 2 N–H and O–H groups in total. The van der Waals surface area contributed by atoms with Crippen LogP contribution in [0.5, 0.6) is 0 Å². The summed E-state index contributed by atoms with van der Waals surface area (Å²) in [5.41, 5.74) is 6.31. The summed E-state index contributed by atoms with van der Waals surface area (Å²) >= 11 is 1.85. The quantitative estimate of drug-likeness (QED) is 0.833. The first-order valence-electron chi connectivity index (χ1n) is 5.28. The fourth-order valence-corrected chi connectivity index (χ4v) is 3.11. The van der Waals surface area contributed by atoms with Gasteiger partial charge >= 0.3 is 0 Å². The van der Waals surface area contributed by atoms with Crippen molar-refractivity contribution < 1.29 is 0 Å². The van der Waals surface area contributed by atoms with Gasteiger partial charge in [-0.25, -0.2) is 4.98 Å². The number of aromatic nitrogens is 1. The maximum atomic E-state index is 6.03. The van der Waals surface area contributed by atoms with Crippen LogP contribution >= 0.6 is 11.3 Å². The van der Waals surface area contributed by atoms with E-state index in [1.165, 1.54) is 22.7 Å². The molecule has 1 aromatic rings. The lowest BCUT2D eigenvalue weighted by Crippen LogP contribution is -2.30. The summed E-state index contributed by atoms with van der Waals surface area (Å²) in [6, 6.07) is 0.267. The second-order valence-electron chi connectivity index (χ2n) is 4.66. The van der Waals surface area contributed by atoms with Gasteiger partial charge in [-0.15, -0.1) is 11.3 Å². The highest BCUT2D eigenvalue weighted by atomic mass is 32.1. The minimum Gasteiger partial charge on any atom is -0.327 e. The van der Waals surface area contributed by atoms with Crippen molar-refractivity contribution in [3.63, 3.8) is 0 Å². The smallest absolute Gasteiger partial charge is 0.0953 e. The Morgan fingerprint density at radius 1 is 1.43 bits per heavy atom. The molecule has 3 heteroatoms. The third-order valence-corrected chi connectivity index (χ3v) is 4.69. The SMILES string of the molecule is CC(C)c1ncc(C2(C(C)N)CC2)s1. The molecular weight excluding hydrogens is 192 g/mol. The Bertz CT molecular complexity index is 324. The molecule has 2 nitrogen and oxygen atoms in total. The van der Waals surface area contributed by atoms with Gasteiger partial charge in [0, 0.05) is 28.4 Å². The Labute approximate surface area is 89.5 Å². The zero-order chi connectivity index (χ0) is 10.3. The molecule has 1 saturated carbocycles. The lowest BCUT2D eigenvalue weighted by molar-refractivity contribution is 0.565. The van der Waals surface area contributed by atoms with Gasteiger partial charge in [-0.1, -0.05) is 13.8 Å². The van der Waals surface area contributed by atoms with Crippen LogP contribution in [0.25, 0.3) is 0 Å². The monoisotopic (exact) mass is 210 g/mol. The molecule has 1 atom stereocenters. The highest BCUT2D eigenvalue weighted by Crippen LogP contribution is 2.52. The van der Waals surface area contributed by atoms with Gasteiger partial charge in [0.25, 0.3) is 0 Å². The molecule has 1 aliphatic carbocycles. The third-order valence-electron chi connectivity index (χ3n) is 3.17. The van der Waals surface area contributed by atoms with Gasteiger partial charge in [-0.05, 0) is 19.8 Å². The van der Waals surface area contributed by atoms with Gasteiger partial charge in [-0.3, -0.25) is 0 Å². The largest absolute Gasteiger partial charge is 0.327 e. The first-order chi connectivity index (χ1) is 6.56. The zero-order valence-electron chi connectivity index (χ0n) is 9.08. The van der Waals surface area contributed by atoms with E-state index in [4.69, 9.17) is 5.73 Å². The van der Waals surface area contributed by atoms with E-state index in [-0.39, 0.29) is 11.5 Å². The van der Waals surface area contributed by atoms with E-state index < -0.39 is 0 Å². The summed E-state index contributed by atoms with van der Waals surface area (Å²) in [6.07, 6.45) is 4.52. The van der Waals surface area contributed by atoms with Crippen molar-refractivity contribution in [2.75, 3.05) is 0 Å². The highest BCUT2D eigenvalue weighted by Gasteiger charge is 2.48. The predicted molar refractivity (Wildman–Crippen MR) is 60.8 cm³/mol. The molecule has 2 rings (SSSR count). The summed E-state index contributed by atoms with van der Waals surface area (Å²) in [6.45, 7) is 6.49. The van der Waals surface area contributed by atoms with Crippen molar-refractivity contribution in [3.8, 4) is 0 Å². The molecule has 0 bridgehead atoms. The Balaban J connectivity index is 2.25. The Hall–Kier alpha value is -0.410. The number of nitrogens with two attached hydrogens (primary N) is 1. The lowest BCUT2D eigenvalue weighted by Gasteiger charge is -2.16. The second-order valence-corrected chi connectivity index (χ2v) is 5.72. The molecule has 0 aliphatic heterocycles. The maximum absolute atomic E-state index is 6.03. The molecule has 78 valence electrons. The summed E-state index contributed by atoms with van der Waals surface area (Å²) in [4.78, 5) is 5.87. The van der Waals surface area contributed by atoms with E-state index in [0.29, 0.717) is 5.92 Å². The fourth-order valence-electron chi connectivity index (χ4n) is 1.85. The Morgan fingerprint density at radius 3 is 2.43 bits per heavy atom. The first-order valence-corrected chi connectivity index (χ1v) is 6.10. The van der Waals surface area contributed by atoms with Crippen LogP contribution in [-0.4, -0.2) is 11.0 Å². The molecule has 0 saturated heterocycles. The molecular formula is C11H18N2S. The van der Waals surface area contributed by atoms with E-state index in [1.54, 1.807) is 0 Å². The molecule has 14 heavy (non-hydrogen) atoms. The van der Waals surface area contributed by atoms with Crippen LogP contribution in [0.1, 0.15) is 49.4 Å². The average Bonchev–Trinajstić information content (AvgIpc) is 2.77. The summed E-state index contributed by atoms with van der Waals surface area (Å²) < 4.78 is 0. The van der Waals surface area contributed by atoms with E-state index in [2.05, 4.69) is 25.8 Å². The van der Waals surface area contributed by atoms with Gasteiger partial charge < -0.3 is 5.73 Å². The van der Waals surface area contributed by atoms with Crippen LogP contribution in [-0.2, 0) is 5.41 Å². The number of rotatable bonds is 3. The average molecular weight is 210 g/mol. The molecule has 0 amide bonds. The van der Waals surface area contributed by atoms with Crippen LogP contribution < -0.4 is 5.73 Å². The Morgan fingerprint density at radius 2 is 2.07 bits per heavy atom. The maximum Gasteiger partial charge on any atom is 0.0953 e. The molecule has 1 heterocycles.